The number of nitrogens with zero attached hydrogens (tertiary/aromatic N) is 4. The van der Waals surface area contributed by atoms with E-state index in [0.29, 0.717) is 11.7 Å². The summed E-state index contributed by atoms with van der Waals surface area (Å²) in [7, 11) is 0. The molecule has 1 aliphatic heterocycles. The third-order valence-corrected chi connectivity index (χ3v) is 4.46. The molecule has 2 heterocycles. The lowest BCUT2D eigenvalue weighted by Crippen LogP contribution is -2.47. The average Bonchev–Trinajstić information content (AvgIpc) is 2.62. The maximum absolute atomic E-state index is 13.9. The molecule has 0 aliphatic carbocycles. The largest absolute Gasteiger partial charge is 0.367 e. The molecule has 1 atom stereocenters. The van der Waals surface area contributed by atoms with E-state index in [1.54, 1.807) is 12.4 Å². The smallest absolute Gasteiger partial charge is 0.146 e. The molecular weight excluding hydrogens is 305 g/mol. The van der Waals surface area contributed by atoms with Crippen molar-refractivity contribution in [2.75, 3.05) is 41.3 Å². The third-order valence-electron chi connectivity index (χ3n) is 4.46. The van der Waals surface area contributed by atoms with Gasteiger partial charge in [0.25, 0.3) is 0 Å². The van der Waals surface area contributed by atoms with Crippen LogP contribution >= 0.6 is 0 Å². The molecule has 0 bridgehead atoms. The first-order chi connectivity index (χ1) is 11.7. The van der Waals surface area contributed by atoms with E-state index < -0.39 is 0 Å². The van der Waals surface area contributed by atoms with Crippen molar-refractivity contribution in [3.05, 3.63) is 42.5 Å². The first-order valence-corrected chi connectivity index (χ1v) is 8.50. The van der Waals surface area contributed by atoms with E-state index in [0.717, 1.165) is 44.2 Å². The van der Waals surface area contributed by atoms with E-state index in [-0.39, 0.29) is 5.82 Å². The van der Waals surface area contributed by atoms with Gasteiger partial charge in [-0.2, -0.15) is 0 Å². The number of benzene rings is 1. The Bertz CT molecular complexity index is 670. The van der Waals surface area contributed by atoms with Crippen molar-refractivity contribution >= 4 is 17.3 Å². The van der Waals surface area contributed by atoms with Crippen LogP contribution in [0.1, 0.15) is 20.3 Å². The second-order valence-corrected chi connectivity index (χ2v) is 6.14. The Labute approximate surface area is 142 Å². The number of nitrogens with one attached hydrogen (secondary N) is 1. The van der Waals surface area contributed by atoms with Crippen molar-refractivity contribution in [2.24, 2.45) is 0 Å². The van der Waals surface area contributed by atoms with Crippen LogP contribution in [-0.4, -0.2) is 42.2 Å². The van der Waals surface area contributed by atoms with Crippen LogP contribution < -0.4 is 15.1 Å². The molecular formula is C18H24FN5. The summed E-state index contributed by atoms with van der Waals surface area (Å²) < 4.78 is 13.9. The molecule has 3 rings (SSSR count). The first kappa shape index (κ1) is 16.5. The predicted molar refractivity (Wildman–Crippen MR) is 96.2 cm³/mol. The van der Waals surface area contributed by atoms with Crippen molar-refractivity contribution in [3.8, 4) is 0 Å². The van der Waals surface area contributed by atoms with Crippen LogP contribution in [-0.2, 0) is 0 Å². The zero-order valence-corrected chi connectivity index (χ0v) is 14.2. The van der Waals surface area contributed by atoms with Gasteiger partial charge in [-0.15, -0.1) is 0 Å². The summed E-state index contributed by atoms with van der Waals surface area (Å²) in [4.78, 5) is 13.0. The SMILES string of the molecule is CCC(C)Nc1cc(N2CCN(c3ccccc3F)CC2)ncn1. The van der Waals surface area contributed by atoms with Gasteiger partial charge in [-0.25, -0.2) is 14.4 Å². The second-order valence-electron chi connectivity index (χ2n) is 6.14. The topological polar surface area (TPSA) is 44.3 Å². The van der Waals surface area contributed by atoms with Crippen molar-refractivity contribution < 1.29 is 4.39 Å². The molecule has 0 spiro atoms. The van der Waals surface area contributed by atoms with Crippen LogP contribution in [0.2, 0.25) is 0 Å². The zero-order chi connectivity index (χ0) is 16.9. The highest BCUT2D eigenvalue weighted by molar-refractivity contribution is 5.52. The number of hydrogen-bond donors (Lipinski definition) is 1. The molecule has 1 aromatic heterocycles. The number of aromatic nitrogens is 2. The number of rotatable bonds is 5. The van der Waals surface area contributed by atoms with Gasteiger partial charge in [0.05, 0.1) is 5.69 Å². The van der Waals surface area contributed by atoms with Crippen LogP contribution in [0, 0.1) is 5.82 Å². The van der Waals surface area contributed by atoms with Gasteiger partial charge in [-0.3, -0.25) is 0 Å². The summed E-state index contributed by atoms with van der Waals surface area (Å²) in [5.41, 5.74) is 0.680. The molecule has 0 radical (unpaired) electrons. The summed E-state index contributed by atoms with van der Waals surface area (Å²) in [6.07, 6.45) is 2.64. The Hall–Kier alpha value is -2.37. The van der Waals surface area contributed by atoms with Gasteiger partial charge in [-0.05, 0) is 25.5 Å². The fraction of sp³-hybridized carbons (Fsp3) is 0.444. The normalized spacial score (nSPS) is 16.1. The number of anilines is 3. The number of piperazine rings is 1. The van der Waals surface area contributed by atoms with Crippen molar-refractivity contribution in [1.29, 1.82) is 0 Å². The molecule has 0 saturated carbocycles. The van der Waals surface area contributed by atoms with Gasteiger partial charge in [0.1, 0.15) is 23.8 Å². The lowest BCUT2D eigenvalue weighted by molar-refractivity contribution is 0.596. The monoisotopic (exact) mass is 329 g/mol. The van der Waals surface area contributed by atoms with E-state index >= 15 is 0 Å². The van der Waals surface area contributed by atoms with Crippen molar-refractivity contribution in [3.63, 3.8) is 0 Å². The summed E-state index contributed by atoms with van der Waals surface area (Å²) in [6.45, 7) is 7.46. The molecule has 128 valence electrons. The van der Waals surface area contributed by atoms with E-state index in [2.05, 4.69) is 38.9 Å². The fourth-order valence-electron chi connectivity index (χ4n) is 2.84. The highest BCUT2D eigenvalue weighted by atomic mass is 19.1. The summed E-state index contributed by atoms with van der Waals surface area (Å²) >= 11 is 0. The Morgan fingerprint density at radius 3 is 2.54 bits per heavy atom. The zero-order valence-electron chi connectivity index (χ0n) is 14.2. The lowest BCUT2D eigenvalue weighted by Gasteiger charge is -2.36. The van der Waals surface area contributed by atoms with Gasteiger partial charge in [0.15, 0.2) is 0 Å². The highest BCUT2D eigenvalue weighted by Crippen LogP contribution is 2.22. The third kappa shape index (κ3) is 3.75. The lowest BCUT2D eigenvalue weighted by atomic mass is 10.2. The standard InChI is InChI=1S/C18H24FN5/c1-3-14(2)22-17-12-18(21-13-20-17)24-10-8-23(9-11-24)16-7-5-4-6-15(16)19/h4-7,12-14H,3,8-11H2,1-2H3,(H,20,21,22). The number of hydrogen-bond acceptors (Lipinski definition) is 5. The highest BCUT2D eigenvalue weighted by Gasteiger charge is 2.20. The van der Waals surface area contributed by atoms with Gasteiger partial charge < -0.3 is 15.1 Å². The number of para-hydroxylation sites is 1. The minimum atomic E-state index is -0.159. The maximum atomic E-state index is 13.9. The maximum Gasteiger partial charge on any atom is 0.146 e. The van der Waals surface area contributed by atoms with Gasteiger partial charge in [0, 0.05) is 38.3 Å². The van der Waals surface area contributed by atoms with Gasteiger partial charge in [0.2, 0.25) is 0 Å². The van der Waals surface area contributed by atoms with E-state index in [1.807, 2.05) is 18.2 Å². The van der Waals surface area contributed by atoms with Crippen molar-refractivity contribution in [1.82, 2.24) is 9.97 Å². The molecule has 2 aromatic rings. The molecule has 1 saturated heterocycles. The van der Waals surface area contributed by atoms with E-state index in [1.165, 1.54) is 6.07 Å². The quantitative estimate of drug-likeness (QED) is 0.913. The van der Waals surface area contributed by atoms with Crippen LogP contribution in [0.3, 0.4) is 0 Å². The summed E-state index contributed by atoms with van der Waals surface area (Å²) in [6, 6.07) is 9.32. The van der Waals surface area contributed by atoms with Crippen LogP contribution in [0.25, 0.3) is 0 Å². The summed E-state index contributed by atoms with van der Waals surface area (Å²) in [5, 5.41) is 3.38. The Balaban J connectivity index is 1.64. The molecule has 1 unspecified atom stereocenters. The Morgan fingerprint density at radius 1 is 1.12 bits per heavy atom. The molecule has 1 fully saturated rings. The average molecular weight is 329 g/mol. The summed E-state index contributed by atoms with van der Waals surface area (Å²) in [5.74, 6) is 1.61. The van der Waals surface area contributed by atoms with Gasteiger partial charge >= 0.3 is 0 Å². The van der Waals surface area contributed by atoms with Crippen LogP contribution in [0.4, 0.5) is 21.7 Å². The predicted octanol–water partition coefficient (Wildman–Crippen LogP) is 3.15. The molecule has 0 amide bonds. The van der Waals surface area contributed by atoms with E-state index in [4.69, 9.17) is 0 Å². The molecule has 24 heavy (non-hydrogen) atoms. The Kier molecular flexibility index (Phi) is 5.13. The Morgan fingerprint density at radius 2 is 1.83 bits per heavy atom. The van der Waals surface area contributed by atoms with Gasteiger partial charge in [-0.1, -0.05) is 19.1 Å². The number of halogens is 1. The van der Waals surface area contributed by atoms with E-state index in [9.17, 15) is 4.39 Å². The van der Waals surface area contributed by atoms with Crippen LogP contribution in [0.5, 0.6) is 0 Å². The van der Waals surface area contributed by atoms with Crippen LogP contribution in [0.15, 0.2) is 36.7 Å². The minimum Gasteiger partial charge on any atom is -0.367 e. The minimum absolute atomic E-state index is 0.159. The first-order valence-electron chi connectivity index (χ1n) is 8.50. The molecule has 1 aliphatic rings. The molecule has 1 N–H and O–H groups in total. The second kappa shape index (κ2) is 7.47. The molecule has 6 heteroatoms. The molecule has 5 nitrogen and oxygen atoms in total. The molecule has 1 aromatic carbocycles. The van der Waals surface area contributed by atoms with Crippen molar-refractivity contribution in [2.45, 2.75) is 26.3 Å². The fourth-order valence-corrected chi connectivity index (χ4v) is 2.84.